The zero-order valence-electron chi connectivity index (χ0n) is 12.7. The molecule has 1 amide bonds. The average Bonchev–Trinajstić information content (AvgIpc) is 3.11. The van der Waals surface area contributed by atoms with Crippen molar-refractivity contribution in [3.63, 3.8) is 0 Å². The molecule has 0 unspecified atom stereocenters. The molecule has 25 heavy (non-hydrogen) atoms. The van der Waals surface area contributed by atoms with Gasteiger partial charge in [-0.2, -0.15) is 0 Å². The van der Waals surface area contributed by atoms with Crippen molar-refractivity contribution in [1.29, 1.82) is 0 Å². The molecule has 0 aliphatic heterocycles. The van der Waals surface area contributed by atoms with Crippen LogP contribution in [-0.2, 0) is 0 Å². The molecule has 0 atom stereocenters. The molecule has 126 valence electrons. The van der Waals surface area contributed by atoms with Crippen molar-refractivity contribution in [3.05, 3.63) is 82.1 Å². The van der Waals surface area contributed by atoms with Crippen LogP contribution >= 0.6 is 11.3 Å². The molecule has 0 saturated heterocycles. The summed E-state index contributed by atoms with van der Waals surface area (Å²) in [5.41, 5.74) is 0.155. The molecule has 3 rings (SSSR count). The molecular weight excluding hydrogens is 348 g/mol. The lowest BCUT2D eigenvalue weighted by molar-refractivity contribution is 0.0729. The standard InChI is InChI=1S/C18H11F2NO3S/c19-11-3-8-14(15(20)10-11)18(23)24-13-6-4-12(5-7-13)21-17(22)16-2-1-9-25-16/h1-10H,(H,21,22). The lowest BCUT2D eigenvalue weighted by atomic mass is 10.2. The van der Waals surface area contributed by atoms with E-state index in [0.29, 0.717) is 16.6 Å². The van der Waals surface area contributed by atoms with Gasteiger partial charge < -0.3 is 10.1 Å². The minimum absolute atomic E-state index is 0.169. The van der Waals surface area contributed by atoms with Crippen molar-refractivity contribution in [2.75, 3.05) is 5.32 Å². The van der Waals surface area contributed by atoms with Crippen molar-refractivity contribution < 1.29 is 23.1 Å². The highest BCUT2D eigenvalue weighted by molar-refractivity contribution is 7.12. The fourth-order valence-electron chi connectivity index (χ4n) is 2.02. The van der Waals surface area contributed by atoms with Crippen LogP contribution in [0.2, 0.25) is 0 Å². The van der Waals surface area contributed by atoms with Crippen molar-refractivity contribution >= 4 is 28.9 Å². The second-order valence-corrected chi connectivity index (χ2v) is 5.92. The molecule has 3 aromatic rings. The maximum atomic E-state index is 13.6. The van der Waals surface area contributed by atoms with Gasteiger partial charge in [-0.25, -0.2) is 13.6 Å². The molecule has 0 saturated carbocycles. The van der Waals surface area contributed by atoms with E-state index in [4.69, 9.17) is 4.74 Å². The molecule has 1 N–H and O–H groups in total. The van der Waals surface area contributed by atoms with E-state index in [1.165, 1.54) is 23.5 Å². The second-order valence-electron chi connectivity index (χ2n) is 4.97. The lowest BCUT2D eigenvalue weighted by Crippen LogP contribution is -2.12. The van der Waals surface area contributed by atoms with Gasteiger partial charge in [0.25, 0.3) is 5.91 Å². The first-order chi connectivity index (χ1) is 12.0. The van der Waals surface area contributed by atoms with Crippen LogP contribution in [0.25, 0.3) is 0 Å². The van der Waals surface area contributed by atoms with Crippen molar-refractivity contribution in [2.45, 2.75) is 0 Å². The van der Waals surface area contributed by atoms with E-state index in [0.717, 1.165) is 12.1 Å². The van der Waals surface area contributed by atoms with Crippen LogP contribution in [0.15, 0.2) is 60.0 Å². The Morgan fingerprint density at radius 3 is 2.40 bits per heavy atom. The van der Waals surface area contributed by atoms with Crippen LogP contribution in [0.3, 0.4) is 0 Å². The summed E-state index contributed by atoms with van der Waals surface area (Å²) >= 11 is 1.32. The Morgan fingerprint density at radius 1 is 1.00 bits per heavy atom. The molecule has 0 bridgehead atoms. The van der Waals surface area contributed by atoms with Crippen LogP contribution in [0, 0.1) is 11.6 Å². The SMILES string of the molecule is O=C(Nc1ccc(OC(=O)c2ccc(F)cc2F)cc1)c1cccs1. The maximum Gasteiger partial charge on any atom is 0.346 e. The van der Waals surface area contributed by atoms with Crippen molar-refractivity contribution in [3.8, 4) is 5.75 Å². The van der Waals surface area contributed by atoms with Gasteiger partial charge >= 0.3 is 5.97 Å². The number of rotatable bonds is 4. The number of hydrogen-bond donors (Lipinski definition) is 1. The summed E-state index contributed by atoms with van der Waals surface area (Å²) in [5, 5.41) is 4.50. The van der Waals surface area contributed by atoms with E-state index < -0.39 is 17.6 Å². The predicted octanol–water partition coefficient (Wildman–Crippen LogP) is 4.50. The molecule has 1 heterocycles. The third-order valence-electron chi connectivity index (χ3n) is 3.22. The summed E-state index contributed by atoms with van der Waals surface area (Å²) in [5.74, 6) is -2.78. The number of nitrogens with one attached hydrogen (secondary N) is 1. The highest BCUT2D eigenvalue weighted by Gasteiger charge is 2.15. The van der Waals surface area contributed by atoms with Gasteiger partial charge in [-0.15, -0.1) is 11.3 Å². The predicted molar refractivity (Wildman–Crippen MR) is 90.0 cm³/mol. The number of amides is 1. The fourth-order valence-corrected chi connectivity index (χ4v) is 2.64. The van der Waals surface area contributed by atoms with Crippen LogP contribution in [0.5, 0.6) is 5.75 Å². The van der Waals surface area contributed by atoms with Gasteiger partial charge in [-0.3, -0.25) is 4.79 Å². The normalized spacial score (nSPS) is 10.3. The summed E-state index contributed by atoms with van der Waals surface area (Å²) in [6.07, 6.45) is 0. The van der Waals surface area contributed by atoms with Gasteiger partial charge in [0.05, 0.1) is 10.4 Å². The Bertz CT molecular complexity index is 909. The van der Waals surface area contributed by atoms with Gasteiger partial charge in [0.15, 0.2) is 0 Å². The zero-order chi connectivity index (χ0) is 17.8. The van der Waals surface area contributed by atoms with Crippen molar-refractivity contribution in [1.82, 2.24) is 0 Å². The summed E-state index contributed by atoms with van der Waals surface area (Å²) in [6.45, 7) is 0. The Kier molecular flexibility index (Phi) is 4.85. The smallest absolute Gasteiger partial charge is 0.346 e. The Morgan fingerprint density at radius 2 is 1.76 bits per heavy atom. The summed E-state index contributed by atoms with van der Waals surface area (Å²) in [7, 11) is 0. The summed E-state index contributed by atoms with van der Waals surface area (Å²) < 4.78 is 31.5. The number of thiophene rings is 1. The highest BCUT2D eigenvalue weighted by Crippen LogP contribution is 2.19. The second kappa shape index (κ2) is 7.23. The van der Waals surface area contributed by atoms with Gasteiger partial charge in [0.2, 0.25) is 0 Å². The Balaban J connectivity index is 1.66. The molecule has 0 spiro atoms. The molecule has 1 aromatic heterocycles. The first kappa shape index (κ1) is 16.8. The van der Waals surface area contributed by atoms with E-state index in [1.54, 1.807) is 29.6 Å². The van der Waals surface area contributed by atoms with Crippen molar-refractivity contribution in [2.24, 2.45) is 0 Å². The van der Waals surface area contributed by atoms with Crippen LogP contribution in [0.1, 0.15) is 20.0 Å². The number of carbonyl (C=O) groups is 2. The quantitative estimate of drug-likeness (QED) is 0.551. The van der Waals surface area contributed by atoms with Gasteiger partial charge in [-0.05, 0) is 47.8 Å². The van der Waals surface area contributed by atoms with E-state index in [9.17, 15) is 18.4 Å². The monoisotopic (exact) mass is 359 g/mol. The third kappa shape index (κ3) is 4.07. The molecule has 0 radical (unpaired) electrons. The first-order valence-electron chi connectivity index (χ1n) is 7.15. The minimum Gasteiger partial charge on any atom is -0.423 e. The topological polar surface area (TPSA) is 55.4 Å². The fraction of sp³-hybridized carbons (Fsp3) is 0. The van der Waals surface area contributed by atoms with E-state index in [1.807, 2.05) is 0 Å². The maximum absolute atomic E-state index is 13.6. The first-order valence-corrected chi connectivity index (χ1v) is 8.03. The molecule has 0 aliphatic rings. The minimum atomic E-state index is -0.996. The number of ether oxygens (including phenoxy) is 1. The molecule has 7 heteroatoms. The highest BCUT2D eigenvalue weighted by atomic mass is 32.1. The average molecular weight is 359 g/mol. The number of anilines is 1. The molecule has 0 fully saturated rings. The molecule has 2 aromatic carbocycles. The number of carbonyl (C=O) groups excluding carboxylic acids is 2. The van der Waals surface area contributed by atoms with E-state index in [-0.39, 0.29) is 17.2 Å². The Labute approximate surface area is 145 Å². The number of benzene rings is 2. The summed E-state index contributed by atoms with van der Waals surface area (Å²) in [4.78, 5) is 24.4. The Hall–Kier alpha value is -3.06. The van der Waals surface area contributed by atoms with E-state index >= 15 is 0 Å². The van der Waals surface area contributed by atoms with Crippen LogP contribution in [-0.4, -0.2) is 11.9 Å². The van der Waals surface area contributed by atoms with Gasteiger partial charge in [-0.1, -0.05) is 6.07 Å². The molecule has 0 aliphatic carbocycles. The summed E-state index contributed by atoms with van der Waals surface area (Å²) in [6, 6.07) is 12.1. The lowest BCUT2D eigenvalue weighted by Gasteiger charge is -2.07. The number of hydrogen-bond acceptors (Lipinski definition) is 4. The zero-order valence-corrected chi connectivity index (χ0v) is 13.5. The number of esters is 1. The van der Waals surface area contributed by atoms with Crippen LogP contribution < -0.4 is 10.1 Å². The number of halogens is 2. The van der Waals surface area contributed by atoms with Gasteiger partial charge in [0.1, 0.15) is 17.4 Å². The largest absolute Gasteiger partial charge is 0.423 e. The van der Waals surface area contributed by atoms with E-state index in [2.05, 4.69) is 5.32 Å². The third-order valence-corrected chi connectivity index (χ3v) is 4.09. The molecule has 4 nitrogen and oxygen atoms in total. The van der Waals surface area contributed by atoms with Gasteiger partial charge in [0, 0.05) is 11.8 Å². The molecular formula is C18H11F2NO3S. The van der Waals surface area contributed by atoms with Crippen LogP contribution in [0.4, 0.5) is 14.5 Å².